The van der Waals surface area contributed by atoms with Crippen LogP contribution < -0.4 is 5.32 Å². The van der Waals surface area contributed by atoms with Crippen molar-refractivity contribution in [3.05, 3.63) is 56.7 Å². The predicted octanol–water partition coefficient (Wildman–Crippen LogP) is 4.89. The van der Waals surface area contributed by atoms with Gasteiger partial charge in [0, 0.05) is 13.8 Å². The van der Waals surface area contributed by atoms with E-state index in [0.29, 0.717) is 19.4 Å². The van der Waals surface area contributed by atoms with Gasteiger partial charge < -0.3 is 5.32 Å². The highest BCUT2D eigenvalue weighted by atomic mass is 79.9. The van der Waals surface area contributed by atoms with Crippen molar-refractivity contribution in [1.29, 1.82) is 0 Å². The van der Waals surface area contributed by atoms with Gasteiger partial charge in [0.05, 0.1) is 11.3 Å². The molecular formula is C13H8Br2FNOS. The summed E-state index contributed by atoms with van der Waals surface area (Å²) in [5.41, 5.74) is 0.527. The number of carbonyl (C=O) groups is 1. The van der Waals surface area contributed by atoms with E-state index in [4.69, 9.17) is 0 Å². The number of rotatable bonds is 2. The highest BCUT2D eigenvalue weighted by molar-refractivity contribution is 9.10. The van der Waals surface area contributed by atoms with Gasteiger partial charge >= 0.3 is 0 Å². The van der Waals surface area contributed by atoms with Crippen molar-refractivity contribution in [2.75, 3.05) is 5.32 Å². The Morgan fingerprint density at radius 3 is 2.58 bits per heavy atom. The molecule has 0 unspecified atom stereocenters. The van der Waals surface area contributed by atoms with Crippen LogP contribution in [0.5, 0.6) is 0 Å². The van der Waals surface area contributed by atoms with Crippen molar-refractivity contribution < 1.29 is 9.18 Å². The van der Waals surface area contributed by atoms with E-state index in [2.05, 4.69) is 49.8 Å². The fraction of sp³-hybridized carbons (Fsp3) is 0. The predicted molar refractivity (Wildman–Crippen MR) is 83.4 cm³/mol. The van der Waals surface area contributed by atoms with Gasteiger partial charge in [-0.1, -0.05) is 15.9 Å². The largest absolute Gasteiger partial charge is 0.319 e. The van der Waals surface area contributed by atoms with E-state index in [9.17, 15) is 9.18 Å². The first-order valence-electron chi connectivity index (χ1n) is 5.22. The van der Waals surface area contributed by atoms with Crippen molar-refractivity contribution in [2.45, 2.75) is 4.90 Å². The highest BCUT2D eigenvalue weighted by Gasteiger charge is 2.13. The fourth-order valence-corrected chi connectivity index (χ4v) is 2.43. The van der Waals surface area contributed by atoms with Crippen LogP contribution in [0.1, 0.15) is 10.4 Å². The number of amides is 1. The maximum atomic E-state index is 13.6. The molecule has 0 spiro atoms. The molecule has 0 saturated heterocycles. The summed E-state index contributed by atoms with van der Waals surface area (Å²) in [5.74, 6) is -0.898. The minimum Gasteiger partial charge on any atom is -0.319 e. The lowest BCUT2D eigenvalue weighted by molar-refractivity contribution is 0.102. The van der Waals surface area contributed by atoms with Crippen molar-refractivity contribution in [2.24, 2.45) is 0 Å². The molecular weight excluding hydrogens is 397 g/mol. The number of nitrogens with one attached hydrogen (secondary N) is 1. The average molecular weight is 405 g/mol. The van der Waals surface area contributed by atoms with Gasteiger partial charge in [0.15, 0.2) is 0 Å². The Balaban J connectivity index is 2.28. The summed E-state index contributed by atoms with van der Waals surface area (Å²) in [6, 6.07) is 9.52. The average Bonchev–Trinajstić information content (AvgIpc) is 2.35. The number of thiol groups is 1. The highest BCUT2D eigenvalue weighted by Crippen LogP contribution is 2.23. The van der Waals surface area contributed by atoms with Crippen LogP contribution in [0.3, 0.4) is 0 Å². The standard InChI is InChI=1S/C13H8Br2FNOS/c14-7-1-4-12(11(16)5-7)17-13(18)9-6-8(19)2-3-10(9)15/h1-6,19H,(H,17,18). The molecule has 98 valence electrons. The summed E-state index contributed by atoms with van der Waals surface area (Å²) in [5, 5.41) is 2.52. The Hall–Kier alpha value is -0.850. The van der Waals surface area contributed by atoms with Gasteiger partial charge in [-0.15, -0.1) is 12.6 Å². The zero-order valence-corrected chi connectivity index (χ0v) is 13.5. The normalized spacial score (nSPS) is 10.3. The van der Waals surface area contributed by atoms with E-state index in [1.165, 1.54) is 12.1 Å². The molecule has 0 saturated carbocycles. The van der Waals surface area contributed by atoms with E-state index in [1.54, 1.807) is 24.3 Å². The zero-order chi connectivity index (χ0) is 14.0. The Bertz CT molecular complexity index is 649. The second kappa shape index (κ2) is 6.07. The smallest absolute Gasteiger partial charge is 0.256 e. The minimum atomic E-state index is -0.499. The summed E-state index contributed by atoms with van der Waals surface area (Å²) in [7, 11) is 0. The third kappa shape index (κ3) is 3.58. The quantitative estimate of drug-likeness (QED) is 0.685. The van der Waals surface area contributed by atoms with E-state index in [0.717, 1.165) is 0 Å². The first kappa shape index (κ1) is 14.6. The number of hydrogen-bond acceptors (Lipinski definition) is 2. The lowest BCUT2D eigenvalue weighted by Gasteiger charge is -2.08. The van der Waals surface area contributed by atoms with Crippen LogP contribution in [0.4, 0.5) is 10.1 Å². The topological polar surface area (TPSA) is 29.1 Å². The molecule has 1 amide bonds. The molecule has 2 aromatic rings. The van der Waals surface area contributed by atoms with Crippen LogP contribution in [-0.4, -0.2) is 5.91 Å². The van der Waals surface area contributed by atoms with Crippen LogP contribution in [0, 0.1) is 5.82 Å². The van der Waals surface area contributed by atoms with Gasteiger partial charge in [-0.3, -0.25) is 4.79 Å². The molecule has 0 aliphatic carbocycles. The van der Waals surface area contributed by atoms with Crippen molar-refractivity contribution >= 4 is 56.1 Å². The van der Waals surface area contributed by atoms with Crippen LogP contribution in [0.2, 0.25) is 0 Å². The van der Waals surface area contributed by atoms with Gasteiger partial charge in [0.25, 0.3) is 5.91 Å². The molecule has 0 atom stereocenters. The molecule has 0 heterocycles. The molecule has 0 fully saturated rings. The van der Waals surface area contributed by atoms with Crippen LogP contribution in [0.15, 0.2) is 50.2 Å². The first-order valence-corrected chi connectivity index (χ1v) is 7.25. The van der Waals surface area contributed by atoms with E-state index in [-0.39, 0.29) is 5.69 Å². The molecule has 19 heavy (non-hydrogen) atoms. The summed E-state index contributed by atoms with van der Waals surface area (Å²) in [4.78, 5) is 12.7. The molecule has 2 rings (SSSR count). The lowest BCUT2D eigenvalue weighted by Crippen LogP contribution is -2.13. The van der Waals surface area contributed by atoms with E-state index in [1.807, 2.05) is 0 Å². The first-order chi connectivity index (χ1) is 8.97. The molecule has 2 aromatic carbocycles. The van der Waals surface area contributed by atoms with Crippen LogP contribution in [-0.2, 0) is 0 Å². The molecule has 1 N–H and O–H groups in total. The van der Waals surface area contributed by atoms with Gasteiger partial charge in [-0.05, 0) is 52.3 Å². The lowest BCUT2D eigenvalue weighted by atomic mass is 10.2. The SMILES string of the molecule is O=C(Nc1ccc(Br)cc1F)c1cc(S)ccc1Br. The summed E-state index contributed by atoms with van der Waals surface area (Å²) in [6.45, 7) is 0. The summed E-state index contributed by atoms with van der Waals surface area (Å²) in [6.07, 6.45) is 0. The third-order valence-corrected chi connectivity index (χ3v) is 3.84. The van der Waals surface area contributed by atoms with Crippen molar-refractivity contribution in [3.63, 3.8) is 0 Å². The molecule has 6 heteroatoms. The molecule has 0 aliphatic rings. The summed E-state index contributed by atoms with van der Waals surface area (Å²) < 4.78 is 14.9. The van der Waals surface area contributed by atoms with Crippen LogP contribution >= 0.6 is 44.5 Å². The molecule has 2 nitrogen and oxygen atoms in total. The maximum absolute atomic E-state index is 13.6. The van der Waals surface area contributed by atoms with E-state index >= 15 is 0 Å². The second-order valence-corrected chi connectivity index (χ2v) is 6.03. The number of benzene rings is 2. The molecule has 0 radical (unpaired) electrons. The van der Waals surface area contributed by atoms with Gasteiger partial charge in [-0.25, -0.2) is 4.39 Å². The monoisotopic (exact) mass is 403 g/mol. The van der Waals surface area contributed by atoms with E-state index < -0.39 is 11.7 Å². The number of halogens is 3. The summed E-state index contributed by atoms with van der Waals surface area (Å²) >= 11 is 10.6. The van der Waals surface area contributed by atoms with Gasteiger partial charge in [0.2, 0.25) is 0 Å². The minimum absolute atomic E-state index is 0.129. The van der Waals surface area contributed by atoms with Crippen molar-refractivity contribution in [3.8, 4) is 0 Å². The molecule has 0 aromatic heterocycles. The van der Waals surface area contributed by atoms with Gasteiger partial charge in [-0.2, -0.15) is 0 Å². The Kier molecular flexibility index (Phi) is 4.65. The molecule has 0 bridgehead atoms. The fourth-order valence-electron chi connectivity index (χ4n) is 1.47. The molecule has 0 aliphatic heterocycles. The Labute approximate surface area is 132 Å². The number of carbonyl (C=O) groups excluding carboxylic acids is 1. The zero-order valence-electron chi connectivity index (χ0n) is 9.45. The Morgan fingerprint density at radius 1 is 1.16 bits per heavy atom. The maximum Gasteiger partial charge on any atom is 0.256 e. The van der Waals surface area contributed by atoms with Crippen molar-refractivity contribution in [1.82, 2.24) is 0 Å². The van der Waals surface area contributed by atoms with Crippen LogP contribution in [0.25, 0.3) is 0 Å². The second-order valence-electron chi connectivity index (χ2n) is 3.74. The third-order valence-electron chi connectivity index (χ3n) is 2.37. The number of anilines is 1. The Morgan fingerprint density at radius 2 is 1.89 bits per heavy atom. The number of hydrogen-bond donors (Lipinski definition) is 2. The van der Waals surface area contributed by atoms with Gasteiger partial charge in [0.1, 0.15) is 5.82 Å².